The van der Waals surface area contributed by atoms with Crippen molar-refractivity contribution in [2.45, 2.75) is 110 Å². The van der Waals surface area contributed by atoms with Gasteiger partial charge in [0.1, 0.15) is 30.3 Å². The molecule has 5 heterocycles. The minimum absolute atomic E-state index is 0.0317. The van der Waals surface area contributed by atoms with Crippen LogP contribution in [0.15, 0.2) is 89.3 Å². The fraction of sp³-hybridized carbons (Fsp3) is 0.449. The van der Waals surface area contributed by atoms with E-state index in [-0.39, 0.29) is 55.3 Å². The third-order valence-corrected chi connectivity index (χ3v) is 14.9. The molecule has 18 nitrogen and oxygen atoms in total. The Bertz CT molecular complexity index is 2730. The number of β-amino-alcohol motifs (C(OH)–C–C–N with tert-alkyl or cyclic N) is 1. The van der Waals surface area contributed by atoms with Crippen molar-refractivity contribution in [2.75, 3.05) is 32.1 Å². The molecule has 0 saturated carbocycles. The number of carbonyl (C=O) groups is 3. The number of hydrazine groups is 2. The first-order valence-electron chi connectivity index (χ1n) is 23.2. The molecule has 2 aromatic carbocycles. The summed E-state index contributed by atoms with van der Waals surface area (Å²) in [5, 5.41) is 18.1. The number of nitrogens with one attached hydrogen (secondary N) is 4. The zero-order valence-corrected chi connectivity index (χ0v) is 41.9. The van der Waals surface area contributed by atoms with Crippen molar-refractivity contribution in [3.05, 3.63) is 113 Å². The lowest BCUT2D eigenvalue weighted by atomic mass is 9.85. The molecule has 5 N–H and O–H groups in total. The first kappa shape index (κ1) is 50.8. The van der Waals surface area contributed by atoms with Crippen molar-refractivity contribution < 1.29 is 32.6 Å². The third kappa shape index (κ3) is 13.0. The van der Waals surface area contributed by atoms with E-state index < -0.39 is 45.3 Å². The molecule has 0 radical (unpaired) electrons. The number of thiazole rings is 1. The van der Waals surface area contributed by atoms with E-state index in [2.05, 4.69) is 55.0 Å². The van der Waals surface area contributed by atoms with Gasteiger partial charge in [0.05, 0.1) is 63.6 Å². The van der Waals surface area contributed by atoms with Crippen LogP contribution in [0.25, 0.3) is 21.8 Å². The number of nitrogens with zero attached hydrogens (tertiary/aromatic N) is 7. The molecule has 1 fully saturated rings. The summed E-state index contributed by atoms with van der Waals surface area (Å²) in [6, 6.07) is 14.9. The number of aliphatic hydroxyl groups is 1. The number of benzene rings is 2. The fourth-order valence-corrected chi connectivity index (χ4v) is 10.6. The van der Waals surface area contributed by atoms with Crippen molar-refractivity contribution >= 4 is 38.9 Å². The molecule has 0 aliphatic carbocycles. The lowest BCUT2D eigenvalue weighted by molar-refractivity contribution is -0.144. The number of aryl methyl sites for hydroxylation is 2. The highest BCUT2D eigenvalue weighted by Gasteiger charge is 2.44. The van der Waals surface area contributed by atoms with E-state index in [1.807, 2.05) is 82.9 Å². The number of aromatic nitrogens is 5. The number of aliphatic hydroxyl groups excluding tert-OH is 1. The van der Waals surface area contributed by atoms with Gasteiger partial charge in [-0.3, -0.25) is 19.4 Å². The Morgan fingerprint density at radius 2 is 1.74 bits per heavy atom. The van der Waals surface area contributed by atoms with E-state index in [9.17, 15) is 27.9 Å². The third-order valence-electron chi connectivity index (χ3n) is 12.1. The van der Waals surface area contributed by atoms with Crippen LogP contribution in [0.3, 0.4) is 0 Å². The second kappa shape index (κ2) is 22.1. The number of sulfone groups is 1. The summed E-state index contributed by atoms with van der Waals surface area (Å²) < 4.78 is 34.3. The van der Waals surface area contributed by atoms with Gasteiger partial charge in [0.15, 0.2) is 9.84 Å². The Balaban J connectivity index is 0.823. The number of carbonyl (C=O) groups excluding carboxylic acids is 3. The molecule has 3 aromatic heterocycles. The summed E-state index contributed by atoms with van der Waals surface area (Å²) in [7, 11) is -3.53. The predicted molar refractivity (Wildman–Crippen MR) is 262 cm³/mol. The minimum Gasteiger partial charge on any atom is -0.391 e. The smallest absolute Gasteiger partial charge is 0.246 e. The molecular formula is C49H63N11O7S2. The van der Waals surface area contributed by atoms with Crippen LogP contribution in [0.1, 0.15) is 88.4 Å². The number of allylic oxidation sites excluding steroid dienone is 1. The zero-order valence-electron chi connectivity index (χ0n) is 40.2. The van der Waals surface area contributed by atoms with Crippen LogP contribution >= 0.6 is 11.3 Å². The summed E-state index contributed by atoms with van der Waals surface area (Å²) in [4.78, 5) is 61.3. The van der Waals surface area contributed by atoms with Gasteiger partial charge < -0.3 is 35.4 Å². The summed E-state index contributed by atoms with van der Waals surface area (Å²) in [5.74, 6) is 0.163. The van der Waals surface area contributed by atoms with Crippen molar-refractivity contribution in [1.82, 2.24) is 56.0 Å². The van der Waals surface area contributed by atoms with Gasteiger partial charge in [-0.25, -0.2) is 28.4 Å². The molecule has 3 atom stereocenters. The number of hydrogen-bond donors (Lipinski definition) is 5. The predicted octanol–water partition coefficient (Wildman–Crippen LogP) is 4.80. The van der Waals surface area contributed by atoms with E-state index >= 15 is 0 Å². The highest BCUT2D eigenvalue weighted by atomic mass is 32.2. The van der Waals surface area contributed by atoms with Crippen molar-refractivity contribution in [3.63, 3.8) is 0 Å². The lowest BCUT2D eigenvalue weighted by Crippen LogP contribution is -2.58. The van der Waals surface area contributed by atoms with E-state index in [1.54, 1.807) is 46.8 Å². The van der Waals surface area contributed by atoms with Crippen LogP contribution in [0.4, 0.5) is 0 Å². The van der Waals surface area contributed by atoms with Crippen molar-refractivity contribution in [1.29, 1.82) is 0 Å². The molecule has 1 unspecified atom stereocenters. The molecular weight excluding hydrogens is 919 g/mol. The Hall–Kier alpha value is -6.06. The number of ether oxygens (including phenoxy) is 1. The van der Waals surface area contributed by atoms with Gasteiger partial charge in [-0.15, -0.1) is 16.9 Å². The standard InChI is InChI=1S/C49H63N11O7S2/c1-31(2)60-33(4)51-26-42(60)40-18-19-50-43(54-40)23-34-12-16-39(17-13-34)69(65,66)22-8-9-37-27-58(57-56-37)20-21-67-29-44(62)55-46(49(5,6)7)48(64)59-28-38(61)24-41(59)47(63)52-25-35-10-14-36(15-11-35)45-32(3)53-30-68-45/h10-19,26-27,30-31,38,41,46,56-57,61H,8-9,20-25,28-29H2,1-7H3,(H,52,63)(H,55,62)/t38?,41-,46+/m0/s1. The van der Waals surface area contributed by atoms with Crippen LogP contribution in [0.2, 0.25) is 0 Å². The summed E-state index contributed by atoms with van der Waals surface area (Å²) in [6.07, 6.45) is 5.89. The average Bonchev–Trinajstić information content (AvgIpc) is 4.13. The number of imidazole rings is 1. The molecule has 2 aliphatic heterocycles. The topological polar surface area (TPSA) is 226 Å². The van der Waals surface area contributed by atoms with Crippen LogP contribution < -0.4 is 21.6 Å². The maximum Gasteiger partial charge on any atom is 0.246 e. The Morgan fingerprint density at radius 3 is 2.43 bits per heavy atom. The van der Waals surface area contributed by atoms with Gasteiger partial charge >= 0.3 is 0 Å². The second-order valence-corrected chi connectivity index (χ2v) is 21.8. The maximum absolute atomic E-state index is 14.0. The van der Waals surface area contributed by atoms with Gasteiger partial charge in [0.25, 0.3) is 0 Å². The Labute approximate surface area is 407 Å². The number of hydrogen-bond acceptors (Lipinski definition) is 15. The molecule has 2 aliphatic rings. The molecule has 20 heteroatoms. The molecule has 0 bridgehead atoms. The average molecular weight is 982 g/mol. The van der Waals surface area contributed by atoms with E-state index in [1.165, 1.54) is 4.90 Å². The second-order valence-electron chi connectivity index (χ2n) is 18.8. The van der Waals surface area contributed by atoms with Crippen molar-refractivity contribution in [2.24, 2.45) is 5.41 Å². The molecule has 5 aromatic rings. The monoisotopic (exact) mass is 981 g/mol. The maximum atomic E-state index is 14.0. The fourth-order valence-electron chi connectivity index (χ4n) is 8.44. The van der Waals surface area contributed by atoms with Crippen LogP contribution in [-0.2, 0) is 41.9 Å². The van der Waals surface area contributed by atoms with Crippen LogP contribution in [0, 0.1) is 19.3 Å². The quantitative estimate of drug-likeness (QED) is 0.0661. The number of rotatable bonds is 20. The summed E-state index contributed by atoms with van der Waals surface area (Å²) in [6.45, 7) is 14.0. The lowest BCUT2D eigenvalue weighted by Gasteiger charge is -2.35. The van der Waals surface area contributed by atoms with E-state index in [4.69, 9.17) is 9.72 Å². The molecule has 7 rings (SSSR count). The first-order chi connectivity index (χ1) is 32.9. The molecule has 368 valence electrons. The van der Waals surface area contributed by atoms with Crippen LogP contribution in [-0.4, -0.2) is 116 Å². The van der Waals surface area contributed by atoms with Gasteiger partial charge in [0.2, 0.25) is 17.7 Å². The molecule has 0 spiro atoms. The zero-order chi connectivity index (χ0) is 49.5. The molecule has 69 heavy (non-hydrogen) atoms. The largest absolute Gasteiger partial charge is 0.391 e. The van der Waals surface area contributed by atoms with Crippen LogP contribution in [0.5, 0.6) is 0 Å². The highest BCUT2D eigenvalue weighted by molar-refractivity contribution is 7.91. The van der Waals surface area contributed by atoms with E-state index in [0.717, 1.165) is 50.2 Å². The summed E-state index contributed by atoms with van der Waals surface area (Å²) >= 11 is 1.57. The van der Waals surface area contributed by atoms with Gasteiger partial charge in [-0.1, -0.05) is 57.2 Å². The van der Waals surface area contributed by atoms with Gasteiger partial charge in [0, 0.05) is 50.1 Å². The van der Waals surface area contributed by atoms with Crippen molar-refractivity contribution in [3.8, 4) is 21.8 Å². The SMILES string of the molecule is Cc1ncsc1-c1ccc(CNC(=O)[C@@H]2CC(O)CN2C(=O)[C@@H](NC(=O)COCCN2C=C(CCCS(=O)(=O)c3ccc(Cc4nccc(-c5cnc(C)n5C(C)C)n4)cc3)NN2)C(C)(C)C)cc1. The Kier molecular flexibility index (Phi) is 16.3. The molecule has 1 saturated heterocycles. The number of likely N-dealkylation sites (tertiary alicyclic amines) is 1. The normalized spacial score (nSPS) is 16.7. The summed E-state index contributed by atoms with van der Waals surface area (Å²) in [5.41, 5.74) is 13.4. The highest BCUT2D eigenvalue weighted by Crippen LogP contribution is 2.29. The van der Waals surface area contributed by atoms with E-state index in [0.29, 0.717) is 31.6 Å². The Morgan fingerprint density at radius 1 is 1.00 bits per heavy atom. The van der Waals surface area contributed by atoms with Gasteiger partial charge in [-0.05, 0) is 80.8 Å². The minimum atomic E-state index is -3.53. The number of amides is 3. The van der Waals surface area contributed by atoms with Gasteiger partial charge in [-0.2, -0.15) is 0 Å². The first-order valence-corrected chi connectivity index (χ1v) is 25.7. The molecule has 3 amide bonds.